The molecule has 0 bridgehead atoms. The quantitative estimate of drug-likeness (QED) is 0.0197. The summed E-state index contributed by atoms with van der Waals surface area (Å²) in [6.45, 7) is 3.79. The molecular weight excluding hydrogens is 837 g/mol. The summed E-state index contributed by atoms with van der Waals surface area (Å²) in [5.74, 6) is -0.413. The van der Waals surface area contributed by atoms with Crippen LogP contribution >= 0.6 is 0 Å². The van der Waals surface area contributed by atoms with Gasteiger partial charge in [-0.2, -0.15) is 8.42 Å². The highest BCUT2D eigenvalue weighted by atomic mass is 32.3. The lowest BCUT2D eigenvalue weighted by atomic mass is 9.99. The van der Waals surface area contributed by atoms with Gasteiger partial charge in [0.2, 0.25) is 0 Å². The first-order valence-corrected chi connectivity index (χ1v) is 26.4. The van der Waals surface area contributed by atoms with E-state index in [2.05, 4.69) is 78.8 Å². The van der Waals surface area contributed by atoms with E-state index < -0.39 is 59.8 Å². The summed E-state index contributed by atoms with van der Waals surface area (Å²) >= 11 is 0. The third-order valence-electron chi connectivity index (χ3n) is 11.2. The van der Waals surface area contributed by atoms with Gasteiger partial charge < -0.3 is 34.3 Å². The summed E-state index contributed by atoms with van der Waals surface area (Å²) in [5, 5.41) is 30.7. The van der Waals surface area contributed by atoms with Crippen LogP contribution in [0.2, 0.25) is 0 Å². The van der Waals surface area contributed by atoms with E-state index in [9.17, 15) is 33.1 Å². The molecule has 0 aromatic rings. The maximum atomic E-state index is 12.9. The Balaban J connectivity index is 2.41. The molecule has 64 heavy (non-hydrogen) atoms. The van der Waals surface area contributed by atoms with Gasteiger partial charge in [-0.15, -0.1) is 0 Å². The highest BCUT2D eigenvalue weighted by molar-refractivity contribution is 7.80. The molecule has 1 rings (SSSR count). The van der Waals surface area contributed by atoms with Crippen LogP contribution in [-0.4, -0.2) is 97.5 Å². The fraction of sp³-hybridized carbons (Fsp3) is 0.784. The summed E-state index contributed by atoms with van der Waals surface area (Å²) in [4.78, 5) is 12.9. The Morgan fingerprint density at radius 2 is 1.08 bits per heavy atom. The van der Waals surface area contributed by atoms with Crippen LogP contribution in [0.25, 0.3) is 0 Å². The second kappa shape index (κ2) is 42.2. The molecule has 1 heterocycles. The molecule has 0 aromatic carbocycles. The van der Waals surface area contributed by atoms with Crippen molar-refractivity contribution >= 4 is 16.4 Å². The SMILES string of the molecule is CC/C=C\C/C=C\C/C=C\C/C=C\C/C=C\CCCCOCC(COC1OC(CO)C(O)C(OS(=O)(=O)O)C1O)OC(=O)CCCCCCCCCCCCCCCCCCCCC. The Kier molecular flexibility index (Phi) is 39.4. The lowest BCUT2D eigenvalue weighted by molar-refractivity contribution is -0.301. The van der Waals surface area contributed by atoms with E-state index in [0.29, 0.717) is 13.0 Å². The first kappa shape index (κ1) is 59.8. The van der Waals surface area contributed by atoms with Crippen molar-refractivity contribution in [2.24, 2.45) is 0 Å². The number of rotatable bonds is 43. The Bertz CT molecular complexity index is 1350. The van der Waals surface area contributed by atoms with E-state index in [1.807, 2.05) is 0 Å². The van der Waals surface area contributed by atoms with E-state index in [0.717, 1.165) is 70.6 Å². The van der Waals surface area contributed by atoms with E-state index >= 15 is 0 Å². The molecule has 0 radical (unpaired) electrons. The van der Waals surface area contributed by atoms with Gasteiger partial charge >= 0.3 is 16.4 Å². The van der Waals surface area contributed by atoms with E-state index in [1.54, 1.807) is 0 Å². The van der Waals surface area contributed by atoms with Gasteiger partial charge in [0.05, 0.1) is 19.8 Å². The molecule has 1 aliphatic rings. The van der Waals surface area contributed by atoms with E-state index in [1.165, 1.54) is 96.3 Å². The number of hydrogen-bond donors (Lipinski definition) is 4. The Labute approximate surface area is 388 Å². The van der Waals surface area contributed by atoms with Gasteiger partial charge in [0.25, 0.3) is 0 Å². The van der Waals surface area contributed by atoms with Gasteiger partial charge in [0.15, 0.2) is 6.29 Å². The number of esters is 1. The first-order valence-electron chi connectivity index (χ1n) is 25.0. The maximum Gasteiger partial charge on any atom is 0.397 e. The number of carbonyl (C=O) groups is 1. The molecule has 1 aliphatic heterocycles. The molecule has 6 unspecified atom stereocenters. The molecule has 1 saturated heterocycles. The lowest BCUT2D eigenvalue weighted by Gasteiger charge is -2.41. The van der Waals surface area contributed by atoms with E-state index in [4.69, 9.17) is 18.9 Å². The van der Waals surface area contributed by atoms with Crippen LogP contribution in [0.1, 0.15) is 194 Å². The topological polar surface area (TPSA) is 178 Å². The highest BCUT2D eigenvalue weighted by Crippen LogP contribution is 2.26. The van der Waals surface area contributed by atoms with Crippen molar-refractivity contribution in [3.8, 4) is 0 Å². The molecule has 12 nitrogen and oxygen atoms in total. The number of ether oxygens (including phenoxy) is 4. The number of aliphatic hydroxyl groups excluding tert-OH is 3. The fourth-order valence-electron chi connectivity index (χ4n) is 7.41. The lowest BCUT2D eigenvalue weighted by Crippen LogP contribution is -2.60. The summed E-state index contributed by atoms with van der Waals surface area (Å²) in [5.41, 5.74) is 0. The van der Waals surface area contributed by atoms with E-state index in [-0.39, 0.29) is 19.6 Å². The molecule has 0 aromatic heterocycles. The molecule has 372 valence electrons. The molecule has 0 spiro atoms. The van der Waals surface area contributed by atoms with Gasteiger partial charge in [-0.1, -0.05) is 190 Å². The maximum absolute atomic E-state index is 12.9. The number of carbonyl (C=O) groups excluding carboxylic acids is 1. The predicted octanol–water partition coefficient (Wildman–Crippen LogP) is 11.3. The van der Waals surface area contributed by atoms with Gasteiger partial charge in [0, 0.05) is 13.0 Å². The molecular formula is C51H90O12S. The summed E-state index contributed by atoms with van der Waals surface area (Å²) < 4.78 is 59.1. The van der Waals surface area contributed by atoms with Crippen molar-refractivity contribution in [1.82, 2.24) is 0 Å². The zero-order valence-corrected chi connectivity index (χ0v) is 40.6. The van der Waals surface area contributed by atoms with Crippen LogP contribution in [0.3, 0.4) is 0 Å². The number of allylic oxidation sites excluding steroid dienone is 10. The first-order chi connectivity index (χ1) is 31.1. The molecule has 1 fully saturated rings. The Morgan fingerprint density at radius 1 is 0.609 bits per heavy atom. The van der Waals surface area contributed by atoms with Crippen LogP contribution < -0.4 is 0 Å². The predicted molar refractivity (Wildman–Crippen MR) is 257 cm³/mol. The van der Waals surface area contributed by atoms with Crippen LogP contribution in [0, 0.1) is 0 Å². The van der Waals surface area contributed by atoms with Crippen molar-refractivity contribution in [3.63, 3.8) is 0 Å². The number of hydrogen-bond acceptors (Lipinski definition) is 11. The monoisotopic (exact) mass is 927 g/mol. The summed E-state index contributed by atoms with van der Waals surface area (Å²) in [6.07, 6.45) is 44.0. The minimum absolute atomic E-state index is 0.00637. The average Bonchev–Trinajstić information content (AvgIpc) is 3.27. The van der Waals surface area contributed by atoms with Crippen molar-refractivity contribution in [2.45, 2.75) is 230 Å². The van der Waals surface area contributed by atoms with Gasteiger partial charge in [-0.3, -0.25) is 9.35 Å². The smallest absolute Gasteiger partial charge is 0.397 e. The summed E-state index contributed by atoms with van der Waals surface area (Å²) in [7, 11) is -5.07. The largest absolute Gasteiger partial charge is 0.457 e. The number of aliphatic hydroxyl groups is 3. The van der Waals surface area contributed by atoms with Crippen molar-refractivity contribution in [2.75, 3.05) is 26.4 Å². The molecule has 4 N–H and O–H groups in total. The fourth-order valence-corrected chi connectivity index (χ4v) is 7.91. The van der Waals surface area contributed by atoms with Crippen molar-refractivity contribution < 1.29 is 56.2 Å². The molecule has 13 heteroatoms. The minimum atomic E-state index is -5.07. The highest BCUT2D eigenvalue weighted by Gasteiger charge is 2.48. The average molecular weight is 927 g/mol. The van der Waals surface area contributed by atoms with Gasteiger partial charge in [-0.05, 0) is 57.8 Å². The third-order valence-corrected chi connectivity index (χ3v) is 11.6. The van der Waals surface area contributed by atoms with Crippen LogP contribution in [0.15, 0.2) is 60.8 Å². The van der Waals surface area contributed by atoms with Gasteiger partial charge in [0.1, 0.15) is 30.5 Å². The summed E-state index contributed by atoms with van der Waals surface area (Å²) in [6, 6.07) is 0. The molecule has 0 amide bonds. The Hall–Kier alpha value is -2.20. The van der Waals surface area contributed by atoms with Gasteiger partial charge in [-0.25, -0.2) is 4.18 Å². The molecule has 0 saturated carbocycles. The molecule has 6 atom stereocenters. The van der Waals surface area contributed by atoms with Crippen molar-refractivity contribution in [3.05, 3.63) is 60.8 Å². The molecule has 0 aliphatic carbocycles. The third kappa shape index (κ3) is 35.1. The van der Waals surface area contributed by atoms with Crippen molar-refractivity contribution in [1.29, 1.82) is 0 Å². The van der Waals surface area contributed by atoms with Crippen LogP contribution in [-0.2, 0) is 38.3 Å². The standard InChI is InChI=1S/C51H90O12S/c1-3-5-7-9-11-13-15-17-19-21-23-24-26-28-30-32-34-36-38-40-47(53)61-45(44-60-51-49(55)50(63-64(56,57)58)48(54)46(42-52)62-51)43-59-41-39-37-35-33-31-29-27-25-22-20-18-16-14-12-10-8-6-4-2/h6,8,12,14,18,20,25,27,31,33,45-46,48-52,54-55H,3-5,7,9-11,13,15-17,19,21-24,26,28-30,32,34-44H2,1-2H3,(H,56,57,58)/b8-6-,14-12-,20-18-,27-25-,33-31-. The second-order valence-electron chi connectivity index (χ2n) is 17.0. The zero-order valence-electron chi connectivity index (χ0n) is 39.8. The number of unbranched alkanes of at least 4 members (excludes halogenated alkanes) is 20. The van der Waals surface area contributed by atoms with Crippen LogP contribution in [0.5, 0.6) is 0 Å². The normalized spacial score (nSPS) is 20.2. The Morgan fingerprint density at radius 3 is 1.55 bits per heavy atom. The second-order valence-corrected chi connectivity index (χ2v) is 18.1. The minimum Gasteiger partial charge on any atom is -0.457 e. The van der Waals surface area contributed by atoms with Crippen LogP contribution in [0.4, 0.5) is 0 Å². The zero-order chi connectivity index (χ0) is 46.8.